The van der Waals surface area contributed by atoms with Gasteiger partial charge < -0.3 is 5.11 Å². The minimum Gasteiger partial charge on any atom is -0.393 e. The Kier molecular flexibility index (Phi) is 3.47. The largest absolute Gasteiger partial charge is 0.393 e. The van der Waals surface area contributed by atoms with Gasteiger partial charge in [0.25, 0.3) is 0 Å². The minimum atomic E-state index is -0.0905. The van der Waals surface area contributed by atoms with E-state index in [1.807, 2.05) is 0 Å². The van der Waals surface area contributed by atoms with E-state index in [1.165, 1.54) is 17.7 Å². The zero-order chi connectivity index (χ0) is 10.8. The standard InChI is InChI=1S/C13H20OS/c1-10-5-6-11(13(14)8-10)9-12-4-3-7-15(12)2/h3-4,7,10-11,13-14H,2,5-6,8-9H2,1H3. The van der Waals surface area contributed by atoms with Gasteiger partial charge in [-0.3, -0.25) is 0 Å². The van der Waals surface area contributed by atoms with Crippen molar-refractivity contribution >= 4 is 16.4 Å². The summed E-state index contributed by atoms with van der Waals surface area (Å²) in [6, 6.07) is 0. The molecule has 1 heterocycles. The molecular weight excluding hydrogens is 204 g/mol. The van der Waals surface area contributed by atoms with Crippen LogP contribution in [0, 0.1) is 11.8 Å². The van der Waals surface area contributed by atoms with Crippen molar-refractivity contribution in [3.63, 3.8) is 0 Å². The molecule has 2 aliphatic rings. The zero-order valence-corrected chi connectivity index (χ0v) is 10.2. The first-order valence-electron chi connectivity index (χ1n) is 5.75. The Labute approximate surface area is 94.8 Å². The molecule has 2 heteroatoms. The van der Waals surface area contributed by atoms with Gasteiger partial charge in [0.15, 0.2) is 0 Å². The fourth-order valence-corrected chi connectivity index (χ4v) is 3.63. The lowest BCUT2D eigenvalue weighted by Crippen LogP contribution is -2.28. The molecule has 0 aromatic carbocycles. The summed E-state index contributed by atoms with van der Waals surface area (Å²) in [7, 11) is 0.0835. The van der Waals surface area contributed by atoms with Crippen LogP contribution in [0.4, 0.5) is 0 Å². The summed E-state index contributed by atoms with van der Waals surface area (Å²) in [6.45, 7) is 2.24. The van der Waals surface area contributed by atoms with Gasteiger partial charge in [0.2, 0.25) is 0 Å². The summed E-state index contributed by atoms with van der Waals surface area (Å²) in [5, 5.41) is 12.2. The molecule has 15 heavy (non-hydrogen) atoms. The Hall–Kier alpha value is -0.340. The highest BCUT2D eigenvalue weighted by Gasteiger charge is 2.27. The van der Waals surface area contributed by atoms with Crippen LogP contribution in [0.15, 0.2) is 22.5 Å². The van der Waals surface area contributed by atoms with Gasteiger partial charge in [-0.1, -0.05) is 31.4 Å². The zero-order valence-electron chi connectivity index (χ0n) is 9.36. The van der Waals surface area contributed by atoms with E-state index in [4.69, 9.17) is 0 Å². The summed E-state index contributed by atoms with van der Waals surface area (Å²) in [5.74, 6) is 5.29. The molecule has 2 rings (SSSR count). The van der Waals surface area contributed by atoms with Crippen LogP contribution in [0.25, 0.3) is 0 Å². The van der Waals surface area contributed by atoms with Crippen LogP contribution in [0.2, 0.25) is 0 Å². The minimum absolute atomic E-state index is 0.0835. The van der Waals surface area contributed by atoms with Crippen LogP contribution in [0.3, 0.4) is 0 Å². The lowest BCUT2D eigenvalue weighted by Gasteiger charge is -2.31. The third kappa shape index (κ3) is 2.61. The highest BCUT2D eigenvalue weighted by atomic mass is 32.2. The van der Waals surface area contributed by atoms with Crippen LogP contribution in [-0.2, 0) is 0 Å². The number of hydrogen-bond donors (Lipinski definition) is 1. The molecule has 0 saturated heterocycles. The Morgan fingerprint density at radius 1 is 1.53 bits per heavy atom. The van der Waals surface area contributed by atoms with Crippen molar-refractivity contribution in [3.8, 4) is 0 Å². The van der Waals surface area contributed by atoms with Gasteiger partial charge in [-0.15, -0.1) is 10.5 Å². The van der Waals surface area contributed by atoms with Crippen LogP contribution >= 0.6 is 10.5 Å². The third-order valence-corrected chi connectivity index (χ3v) is 5.01. The number of rotatable bonds is 2. The molecule has 4 unspecified atom stereocenters. The molecule has 0 bridgehead atoms. The van der Waals surface area contributed by atoms with Gasteiger partial charge in [-0.05, 0) is 41.4 Å². The Bertz CT molecular complexity index is 316. The van der Waals surface area contributed by atoms with E-state index < -0.39 is 0 Å². The fraction of sp³-hybridized carbons (Fsp3) is 0.615. The molecule has 4 atom stereocenters. The molecule has 84 valence electrons. The molecule has 0 spiro atoms. The second kappa shape index (κ2) is 4.67. The molecule has 1 N–H and O–H groups in total. The van der Waals surface area contributed by atoms with Gasteiger partial charge in [0.05, 0.1) is 6.10 Å². The first-order valence-corrected chi connectivity index (χ1v) is 7.20. The fourth-order valence-electron chi connectivity index (χ4n) is 2.50. The summed E-state index contributed by atoms with van der Waals surface area (Å²) < 4.78 is 0. The first kappa shape index (κ1) is 11.2. The van der Waals surface area contributed by atoms with Gasteiger partial charge in [0.1, 0.15) is 0 Å². The highest BCUT2D eigenvalue weighted by Crippen LogP contribution is 2.39. The van der Waals surface area contributed by atoms with Crippen molar-refractivity contribution in [3.05, 3.63) is 22.5 Å². The van der Waals surface area contributed by atoms with Crippen molar-refractivity contribution in [2.24, 2.45) is 11.8 Å². The second-order valence-corrected chi connectivity index (χ2v) is 6.49. The van der Waals surface area contributed by atoms with Crippen molar-refractivity contribution in [2.45, 2.75) is 38.7 Å². The lowest BCUT2D eigenvalue weighted by molar-refractivity contribution is 0.0499. The molecule has 1 aliphatic carbocycles. The number of hydrogen-bond acceptors (Lipinski definition) is 1. The molecular formula is C13H20OS. The van der Waals surface area contributed by atoms with Gasteiger partial charge in [-0.2, -0.15) is 0 Å². The molecule has 1 aliphatic heterocycles. The van der Waals surface area contributed by atoms with Gasteiger partial charge >= 0.3 is 0 Å². The average Bonchev–Trinajstić information content (AvgIpc) is 2.57. The molecule has 1 nitrogen and oxygen atoms in total. The highest BCUT2D eigenvalue weighted by molar-refractivity contribution is 8.20. The molecule has 0 aromatic rings. The molecule has 1 saturated carbocycles. The van der Waals surface area contributed by atoms with E-state index in [0.29, 0.717) is 11.8 Å². The third-order valence-electron chi connectivity index (χ3n) is 3.54. The maximum Gasteiger partial charge on any atom is 0.0574 e. The number of aliphatic hydroxyl groups excluding tert-OH is 1. The van der Waals surface area contributed by atoms with Crippen molar-refractivity contribution in [1.82, 2.24) is 0 Å². The van der Waals surface area contributed by atoms with E-state index in [1.54, 1.807) is 0 Å². The molecule has 1 fully saturated rings. The predicted molar refractivity (Wildman–Crippen MR) is 69.1 cm³/mol. The summed E-state index contributed by atoms with van der Waals surface area (Å²) in [6.07, 6.45) is 8.67. The van der Waals surface area contributed by atoms with E-state index in [-0.39, 0.29) is 16.6 Å². The topological polar surface area (TPSA) is 20.2 Å². The van der Waals surface area contributed by atoms with Crippen molar-refractivity contribution in [2.75, 3.05) is 0 Å². The quantitative estimate of drug-likeness (QED) is 0.714. The van der Waals surface area contributed by atoms with Crippen LogP contribution in [-0.4, -0.2) is 17.1 Å². The van der Waals surface area contributed by atoms with Crippen LogP contribution in [0.1, 0.15) is 32.6 Å². The number of aliphatic hydroxyl groups is 1. The van der Waals surface area contributed by atoms with Crippen molar-refractivity contribution < 1.29 is 5.11 Å². The SMILES string of the molecule is C=S1C=CC=C1CC1CCC(C)CC1O. The monoisotopic (exact) mass is 224 g/mol. The summed E-state index contributed by atoms with van der Waals surface area (Å²) >= 11 is 0. The van der Waals surface area contributed by atoms with Gasteiger partial charge in [-0.25, -0.2) is 0 Å². The second-order valence-electron chi connectivity index (χ2n) is 4.84. The predicted octanol–water partition coefficient (Wildman–Crippen LogP) is 3.29. The maximum absolute atomic E-state index is 10.0. The Balaban J connectivity index is 1.92. The van der Waals surface area contributed by atoms with E-state index in [9.17, 15) is 5.11 Å². The van der Waals surface area contributed by atoms with Gasteiger partial charge in [0, 0.05) is 0 Å². The Morgan fingerprint density at radius 2 is 2.33 bits per heavy atom. The first-order chi connectivity index (χ1) is 7.16. The van der Waals surface area contributed by atoms with Crippen LogP contribution < -0.4 is 0 Å². The maximum atomic E-state index is 10.0. The van der Waals surface area contributed by atoms with E-state index in [2.05, 4.69) is 30.4 Å². The van der Waals surface area contributed by atoms with Crippen LogP contribution in [0.5, 0.6) is 0 Å². The number of allylic oxidation sites excluding steroid dienone is 3. The van der Waals surface area contributed by atoms with E-state index in [0.717, 1.165) is 12.8 Å². The summed E-state index contributed by atoms with van der Waals surface area (Å²) in [5.41, 5.74) is 0. The lowest BCUT2D eigenvalue weighted by atomic mass is 9.79. The van der Waals surface area contributed by atoms with E-state index >= 15 is 0 Å². The Morgan fingerprint density at radius 3 is 2.93 bits per heavy atom. The average molecular weight is 224 g/mol. The normalized spacial score (nSPS) is 40.5. The molecule has 0 aromatic heterocycles. The summed E-state index contributed by atoms with van der Waals surface area (Å²) in [4.78, 5) is 1.42. The van der Waals surface area contributed by atoms with Crippen molar-refractivity contribution in [1.29, 1.82) is 0 Å². The molecule has 0 radical (unpaired) electrons. The smallest absolute Gasteiger partial charge is 0.0574 e. The molecule has 0 amide bonds.